The summed E-state index contributed by atoms with van der Waals surface area (Å²) in [5, 5.41) is 0. The molecule has 0 aromatic heterocycles. The molecule has 0 spiro atoms. The molecule has 0 heterocycles. The molecule has 2 heteroatoms. The lowest BCUT2D eigenvalue weighted by molar-refractivity contribution is -0.890. The van der Waals surface area contributed by atoms with Crippen LogP contribution in [-0.4, -0.2) is 31.7 Å². The number of halogens is 1. The molecule has 0 N–H and O–H groups in total. The largest absolute Gasteiger partial charge is 1.00 e. The molecule has 0 aromatic carbocycles. The summed E-state index contributed by atoms with van der Waals surface area (Å²) in [6.07, 6.45) is 14.1. The Balaban J connectivity index is 0. The van der Waals surface area contributed by atoms with Gasteiger partial charge >= 0.3 is 0 Å². The van der Waals surface area contributed by atoms with Crippen LogP contribution in [0, 0.1) is 0 Å². The van der Waals surface area contributed by atoms with Gasteiger partial charge in [-0.25, -0.2) is 0 Å². The number of nitrogens with zero attached hydrogens (tertiary/aromatic N) is 1. The molecule has 0 aliphatic carbocycles. The third kappa shape index (κ3) is 14.5. The predicted molar refractivity (Wildman–Crippen MR) is 79.4 cm³/mol. The van der Waals surface area contributed by atoms with Gasteiger partial charge in [0.05, 0.1) is 27.2 Å². The van der Waals surface area contributed by atoms with Gasteiger partial charge in [-0.1, -0.05) is 52.4 Å². The number of rotatable bonds is 12. The molecule has 0 atom stereocenters. The molecule has 0 fully saturated rings. The van der Waals surface area contributed by atoms with Gasteiger partial charge in [-0.2, -0.15) is 0 Å². The second-order valence-electron chi connectivity index (χ2n) is 6.21. The van der Waals surface area contributed by atoms with Crippen molar-refractivity contribution in [1.82, 2.24) is 0 Å². The zero-order valence-electron chi connectivity index (χ0n) is 13.3. The second kappa shape index (κ2) is 13.9. The van der Waals surface area contributed by atoms with E-state index in [1.165, 1.54) is 81.8 Å². The Morgan fingerprint density at radius 2 is 0.889 bits per heavy atom. The first-order valence-electron chi connectivity index (χ1n) is 7.94. The molecule has 0 aliphatic heterocycles. The van der Waals surface area contributed by atoms with Crippen LogP contribution in [0.4, 0.5) is 0 Å². The lowest BCUT2D eigenvalue weighted by Gasteiger charge is -2.30. The van der Waals surface area contributed by atoms with Gasteiger partial charge in [-0.15, -0.1) is 0 Å². The molecule has 112 valence electrons. The Kier molecular flexibility index (Phi) is 16.0. The van der Waals surface area contributed by atoms with Gasteiger partial charge < -0.3 is 21.5 Å². The van der Waals surface area contributed by atoms with Crippen LogP contribution in [0.3, 0.4) is 0 Å². The molecule has 0 aromatic rings. The van der Waals surface area contributed by atoms with Crippen molar-refractivity contribution < 1.29 is 21.5 Å². The van der Waals surface area contributed by atoms with Crippen molar-refractivity contribution in [3.8, 4) is 0 Å². The molecule has 0 aliphatic rings. The molecule has 1 nitrogen and oxygen atoms in total. The van der Waals surface area contributed by atoms with Crippen molar-refractivity contribution in [2.45, 2.75) is 78.1 Å². The minimum atomic E-state index is 0. The Morgan fingerprint density at radius 3 is 1.22 bits per heavy atom. The van der Waals surface area contributed by atoms with Gasteiger partial charge in [0.25, 0.3) is 0 Å². The maximum absolute atomic E-state index is 2.40. The van der Waals surface area contributed by atoms with Crippen LogP contribution in [0.1, 0.15) is 78.1 Å². The van der Waals surface area contributed by atoms with E-state index in [0.29, 0.717) is 0 Å². The van der Waals surface area contributed by atoms with Gasteiger partial charge in [0.2, 0.25) is 0 Å². The molecule has 0 bridgehead atoms. The third-order valence-electron chi connectivity index (χ3n) is 3.73. The quantitative estimate of drug-likeness (QED) is 0.381. The Bertz CT molecular complexity index is 141. The summed E-state index contributed by atoms with van der Waals surface area (Å²) in [5.74, 6) is 0. The Labute approximate surface area is 127 Å². The summed E-state index contributed by atoms with van der Waals surface area (Å²) >= 11 is 0. The summed E-state index contributed by atoms with van der Waals surface area (Å²) in [6.45, 7) is 7.32. The normalized spacial score (nSPS) is 11.3. The third-order valence-corrected chi connectivity index (χ3v) is 3.73. The van der Waals surface area contributed by atoms with E-state index in [9.17, 15) is 0 Å². The van der Waals surface area contributed by atoms with Crippen molar-refractivity contribution >= 4 is 0 Å². The maximum atomic E-state index is 2.40. The molecule has 0 saturated carbocycles. The number of unbranched alkanes of at least 4 members (excludes halogenated alkanes) is 8. The fourth-order valence-corrected chi connectivity index (χ4v) is 2.40. The van der Waals surface area contributed by atoms with Gasteiger partial charge in [0, 0.05) is 0 Å². The van der Waals surface area contributed by atoms with Crippen molar-refractivity contribution in [2.24, 2.45) is 0 Å². The molecule has 0 saturated heterocycles. The van der Waals surface area contributed by atoms with Gasteiger partial charge in [0.1, 0.15) is 0 Å². The van der Waals surface area contributed by atoms with Gasteiger partial charge in [-0.05, 0) is 25.7 Å². The summed E-state index contributed by atoms with van der Waals surface area (Å²) in [7, 11) is 4.80. The Hall–Kier alpha value is 0.440. The fraction of sp³-hybridized carbons (Fsp3) is 1.00. The van der Waals surface area contributed by atoms with E-state index in [1.807, 2.05) is 0 Å². The average molecular weight is 322 g/mol. The van der Waals surface area contributed by atoms with Crippen LogP contribution in [0.15, 0.2) is 0 Å². The summed E-state index contributed by atoms with van der Waals surface area (Å²) in [6, 6.07) is 0. The van der Waals surface area contributed by atoms with Crippen LogP contribution in [0.2, 0.25) is 0 Å². The second-order valence-corrected chi connectivity index (χ2v) is 6.21. The van der Waals surface area contributed by atoms with Gasteiger partial charge in [-0.3, -0.25) is 0 Å². The van der Waals surface area contributed by atoms with Crippen LogP contribution in [0.25, 0.3) is 0 Å². The molecule has 0 radical (unpaired) electrons. The smallest absolute Gasteiger partial charge is 0.0782 e. The van der Waals surface area contributed by atoms with Crippen molar-refractivity contribution in [3.05, 3.63) is 0 Å². The maximum Gasteiger partial charge on any atom is 0.0782 e. The summed E-state index contributed by atoms with van der Waals surface area (Å²) < 4.78 is 1.23. The predicted octanol–water partition coefficient (Wildman–Crippen LogP) is 2.01. The highest BCUT2D eigenvalue weighted by Crippen LogP contribution is 2.10. The van der Waals surface area contributed by atoms with E-state index in [2.05, 4.69) is 27.9 Å². The number of hydrogen-bond donors (Lipinski definition) is 0. The standard InChI is InChI=1S/C16H36N.BrH/c1-5-7-9-11-13-15-17(3,4)16-14-12-10-8-6-2;/h5-16H2,1-4H3;1H/q+1;/p-1. The van der Waals surface area contributed by atoms with Gasteiger partial charge in [0.15, 0.2) is 0 Å². The molecular formula is C16H36BrN. The summed E-state index contributed by atoms with van der Waals surface area (Å²) in [5.41, 5.74) is 0. The van der Waals surface area contributed by atoms with Crippen molar-refractivity contribution in [1.29, 1.82) is 0 Å². The van der Waals surface area contributed by atoms with E-state index < -0.39 is 0 Å². The lowest BCUT2D eigenvalue weighted by atomic mass is 10.1. The summed E-state index contributed by atoms with van der Waals surface area (Å²) in [4.78, 5) is 0. The number of hydrogen-bond acceptors (Lipinski definition) is 0. The highest BCUT2D eigenvalue weighted by atomic mass is 79.9. The zero-order valence-corrected chi connectivity index (χ0v) is 14.9. The monoisotopic (exact) mass is 321 g/mol. The number of quaternary nitrogens is 1. The van der Waals surface area contributed by atoms with E-state index in [4.69, 9.17) is 0 Å². The first kappa shape index (κ1) is 20.8. The molecule has 0 amide bonds. The lowest BCUT2D eigenvalue weighted by Crippen LogP contribution is -3.00. The molecule has 0 rings (SSSR count). The fourth-order valence-electron chi connectivity index (χ4n) is 2.40. The van der Waals surface area contributed by atoms with Crippen molar-refractivity contribution in [3.63, 3.8) is 0 Å². The van der Waals surface area contributed by atoms with Crippen LogP contribution in [0.5, 0.6) is 0 Å². The van der Waals surface area contributed by atoms with E-state index in [-0.39, 0.29) is 17.0 Å². The van der Waals surface area contributed by atoms with Crippen LogP contribution < -0.4 is 17.0 Å². The van der Waals surface area contributed by atoms with E-state index >= 15 is 0 Å². The molecule has 0 unspecified atom stereocenters. The first-order chi connectivity index (χ1) is 8.12. The van der Waals surface area contributed by atoms with Crippen LogP contribution in [-0.2, 0) is 0 Å². The molecular weight excluding hydrogens is 286 g/mol. The van der Waals surface area contributed by atoms with Crippen molar-refractivity contribution in [2.75, 3.05) is 27.2 Å². The Morgan fingerprint density at radius 1 is 0.556 bits per heavy atom. The highest BCUT2D eigenvalue weighted by Gasteiger charge is 2.13. The minimum Gasteiger partial charge on any atom is -1.00 e. The van der Waals surface area contributed by atoms with E-state index in [0.717, 1.165) is 0 Å². The highest BCUT2D eigenvalue weighted by molar-refractivity contribution is 4.45. The van der Waals surface area contributed by atoms with E-state index in [1.54, 1.807) is 0 Å². The SMILES string of the molecule is CCCCCCC[N+](C)(C)CCCCCCC.[Br-]. The minimum absolute atomic E-state index is 0. The average Bonchev–Trinajstić information content (AvgIpc) is 2.28. The first-order valence-corrected chi connectivity index (χ1v) is 7.94. The topological polar surface area (TPSA) is 0 Å². The zero-order chi connectivity index (χ0) is 13.0. The molecule has 18 heavy (non-hydrogen) atoms. The van der Waals surface area contributed by atoms with Crippen LogP contribution >= 0.6 is 0 Å².